The van der Waals surface area contributed by atoms with E-state index in [4.69, 9.17) is 9.47 Å². The number of anilines is 1. The molecule has 0 radical (unpaired) electrons. The Hall–Kier alpha value is -4.72. The zero-order valence-corrected chi connectivity index (χ0v) is 23.2. The van der Waals surface area contributed by atoms with Gasteiger partial charge in [0.15, 0.2) is 0 Å². The molecule has 8 nitrogen and oxygen atoms in total. The van der Waals surface area contributed by atoms with E-state index in [1.54, 1.807) is 24.0 Å². The molecule has 1 unspecified atom stereocenters. The SMILES string of the molecule is COc1ccc(OC)c(C2c3cccn3-c3ccccc3N2C(=O)CN(C(=O)NCc2ccccc2)C(C)C)c1. The first-order valence-electron chi connectivity index (χ1n) is 13.3. The van der Waals surface area contributed by atoms with E-state index in [2.05, 4.69) is 9.88 Å². The van der Waals surface area contributed by atoms with Crippen LogP contribution in [-0.4, -0.2) is 48.2 Å². The van der Waals surface area contributed by atoms with Crippen LogP contribution >= 0.6 is 0 Å². The third kappa shape index (κ3) is 5.12. The number of hydrogen-bond acceptors (Lipinski definition) is 4. The standard InChI is InChI=1S/C32H34N4O4/c1-22(2)35(32(38)33-20-23-11-6-5-7-12-23)21-30(37)36-27-14-9-8-13-26(27)34-18-10-15-28(34)31(36)25-19-24(39-3)16-17-29(25)40-4/h5-19,22,31H,20-21H2,1-4H3,(H,33,38). The maximum atomic E-state index is 14.3. The summed E-state index contributed by atoms with van der Waals surface area (Å²) in [7, 11) is 3.23. The summed E-state index contributed by atoms with van der Waals surface area (Å²) in [6, 6.07) is 26.1. The van der Waals surface area contributed by atoms with Crippen molar-refractivity contribution in [1.82, 2.24) is 14.8 Å². The normalized spacial score (nSPS) is 13.8. The monoisotopic (exact) mass is 538 g/mol. The number of carbonyl (C=O) groups is 2. The molecular weight excluding hydrogens is 504 g/mol. The van der Waals surface area contributed by atoms with Gasteiger partial charge in [-0.25, -0.2) is 4.79 Å². The molecule has 1 aliphatic rings. The van der Waals surface area contributed by atoms with Crippen LogP contribution in [0.2, 0.25) is 0 Å². The first-order chi connectivity index (χ1) is 19.4. The van der Waals surface area contributed by atoms with Gasteiger partial charge in [0.2, 0.25) is 5.91 Å². The zero-order valence-electron chi connectivity index (χ0n) is 23.2. The lowest BCUT2D eigenvalue weighted by molar-refractivity contribution is -0.120. The Bertz CT molecular complexity index is 1500. The molecule has 206 valence electrons. The Morgan fingerprint density at radius 1 is 0.900 bits per heavy atom. The second-order valence-electron chi connectivity index (χ2n) is 9.93. The van der Waals surface area contributed by atoms with Crippen molar-refractivity contribution < 1.29 is 19.1 Å². The predicted molar refractivity (Wildman–Crippen MR) is 155 cm³/mol. The fraction of sp³-hybridized carbons (Fsp3) is 0.250. The minimum atomic E-state index is -0.510. The van der Waals surface area contributed by atoms with Crippen LogP contribution in [0.15, 0.2) is 91.1 Å². The molecule has 2 heterocycles. The molecule has 0 spiro atoms. The average Bonchev–Trinajstić information content (AvgIpc) is 3.48. The molecule has 3 aromatic carbocycles. The molecule has 1 aromatic heterocycles. The lowest BCUT2D eigenvalue weighted by atomic mass is 9.96. The Morgan fingerprint density at radius 2 is 1.62 bits per heavy atom. The second-order valence-corrected chi connectivity index (χ2v) is 9.93. The molecule has 1 N–H and O–H groups in total. The third-order valence-corrected chi connectivity index (χ3v) is 7.20. The van der Waals surface area contributed by atoms with Gasteiger partial charge in [-0.05, 0) is 61.9 Å². The summed E-state index contributed by atoms with van der Waals surface area (Å²) in [5.41, 5.74) is 4.32. The molecule has 0 saturated heterocycles. The molecule has 4 aromatic rings. The van der Waals surface area contributed by atoms with Crippen molar-refractivity contribution in [2.75, 3.05) is 25.7 Å². The molecular formula is C32H34N4O4. The minimum Gasteiger partial charge on any atom is -0.497 e. The van der Waals surface area contributed by atoms with E-state index in [-0.39, 0.29) is 24.5 Å². The van der Waals surface area contributed by atoms with Crippen molar-refractivity contribution in [2.24, 2.45) is 0 Å². The van der Waals surface area contributed by atoms with Gasteiger partial charge in [-0.3, -0.25) is 9.69 Å². The maximum Gasteiger partial charge on any atom is 0.318 e. The quantitative estimate of drug-likeness (QED) is 0.319. The number of nitrogens with one attached hydrogen (secondary N) is 1. The number of ether oxygens (including phenoxy) is 2. The van der Waals surface area contributed by atoms with Crippen LogP contribution in [0.4, 0.5) is 10.5 Å². The summed E-state index contributed by atoms with van der Waals surface area (Å²) in [6.07, 6.45) is 1.99. The molecule has 0 saturated carbocycles. The lowest BCUT2D eigenvalue weighted by Gasteiger charge is -2.40. The van der Waals surface area contributed by atoms with Gasteiger partial charge in [-0.2, -0.15) is 0 Å². The average molecular weight is 539 g/mol. The van der Waals surface area contributed by atoms with Crippen LogP contribution in [0.3, 0.4) is 0 Å². The predicted octanol–water partition coefficient (Wildman–Crippen LogP) is 5.55. The second kappa shape index (κ2) is 11.6. The highest BCUT2D eigenvalue weighted by molar-refractivity contribution is 6.00. The van der Waals surface area contributed by atoms with Crippen molar-refractivity contribution in [3.05, 3.63) is 108 Å². The van der Waals surface area contributed by atoms with Gasteiger partial charge >= 0.3 is 6.03 Å². The van der Waals surface area contributed by atoms with E-state index in [1.165, 1.54) is 0 Å². The number of aromatic nitrogens is 1. The highest BCUT2D eigenvalue weighted by Gasteiger charge is 2.38. The van der Waals surface area contributed by atoms with E-state index >= 15 is 0 Å². The van der Waals surface area contributed by atoms with Crippen LogP contribution in [0.5, 0.6) is 11.5 Å². The number of carbonyl (C=O) groups excluding carboxylic acids is 2. The molecule has 1 atom stereocenters. The fourth-order valence-electron chi connectivity index (χ4n) is 5.19. The molecule has 3 amide bonds. The molecule has 40 heavy (non-hydrogen) atoms. The number of methoxy groups -OCH3 is 2. The number of nitrogens with zero attached hydrogens (tertiary/aromatic N) is 3. The minimum absolute atomic E-state index is 0.101. The van der Waals surface area contributed by atoms with E-state index in [1.807, 2.05) is 105 Å². The summed E-state index contributed by atoms with van der Waals surface area (Å²) < 4.78 is 13.4. The highest BCUT2D eigenvalue weighted by atomic mass is 16.5. The summed E-state index contributed by atoms with van der Waals surface area (Å²) in [6.45, 7) is 4.09. The van der Waals surface area contributed by atoms with Crippen LogP contribution in [0, 0.1) is 0 Å². The maximum absolute atomic E-state index is 14.3. The summed E-state index contributed by atoms with van der Waals surface area (Å²) in [5.74, 6) is 1.08. The summed E-state index contributed by atoms with van der Waals surface area (Å²) >= 11 is 0. The number of hydrogen-bond donors (Lipinski definition) is 1. The van der Waals surface area contributed by atoms with Crippen molar-refractivity contribution in [2.45, 2.75) is 32.5 Å². The Labute approximate surface area is 234 Å². The Morgan fingerprint density at radius 3 is 2.33 bits per heavy atom. The van der Waals surface area contributed by atoms with Gasteiger partial charge in [-0.15, -0.1) is 0 Å². The molecule has 5 rings (SSSR count). The largest absolute Gasteiger partial charge is 0.497 e. The van der Waals surface area contributed by atoms with Crippen molar-refractivity contribution in [3.8, 4) is 17.2 Å². The van der Waals surface area contributed by atoms with Crippen molar-refractivity contribution >= 4 is 17.6 Å². The van der Waals surface area contributed by atoms with E-state index < -0.39 is 6.04 Å². The van der Waals surface area contributed by atoms with Crippen molar-refractivity contribution in [1.29, 1.82) is 0 Å². The van der Waals surface area contributed by atoms with Gasteiger partial charge in [-0.1, -0.05) is 42.5 Å². The number of fused-ring (bicyclic) bond motifs is 3. The van der Waals surface area contributed by atoms with Crippen LogP contribution in [0.1, 0.15) is 36.7 Å². The first kappa shape index (κ1) is 26.9. The number of rotatable bonds is 8. The van der Waals surface area contributed by atoms with Crippen molar-refractivity contribution in [3.63, 3.8) is 0 Å². The number of para-hydroxylation sites is 2. The molecule has 0 aliphatic carbocycles. The van der Waals surface area contributed by atoms with Gasteiger partial charge in [0.1, 0.15) is 24.1 Å². The van der Waals surface area contributed by atoms with Crippen LogP contribution in [0.25, 0.3) is 5.69 Å². The molecule has 0 bridgehead atoms. The van der Waals surface area contributed by atoms with Crippen LogP contribution < -0.4 is 19.7 Å². The van der Waals surface area contributed by atoms with Gasteiger partial charge in [0.05, 0.1) is 31.3 Å². The van der Waals surface area contributed by atoms with Gasteiger partial charge in [0.25, 0.3) is 0 Å². The number of urea groups is 1. The zero-order chi connectivity index (χ0) is 28.2. The first-order valence-corrected chi connectivity index (χ1v) is 13.3. The van der Waals surface area contributed by atoms with Gasteiger partial charge in [0, 0.05) is 24.3 Å². The van der Waals surface area contributed by atoms with E-state index in [0.29, 0.717) is 18.0 Å². The van der Waals surface area contributed by atoms with E-state index in [9.17, 15) is 9.59 Å². The Balaban J connectivity index is 1.53. The van der Waals surface area contributed by atoms with Gasteiger partial charge < -0.3 is 24.3 Å². The summed E-state index contributed by atoms with van der Waals surface area (Å²) in [5, 5.41) is 2.97. The molecule has 1 aliphatic heterocycles. The number of benzene rings is 3. The molecule has 8 heteroatoms. The third-order valence-electron chi connectivity index (χ3n) is 7.20. The Kier molecular flexibility index (Phi) is 7.77. The number of amides is 3. The highest BCUT2D eigenvalue weighted by Crippen LogP contribution is 2.45. The lowest BCUT2D eigenvalue weighted by Crippen LogP contribution is -2.51. The molecule has 0 fully saturated rings. The van der Waals surface area contributed by atoms with E-state index in [0.717, 1.165) is 28.2 Å². The van der Waals surface area contributed by atoms with Crippen LogP contribution in [-0.2, 0) is 11.3 Å². The smallest absolute Gasteiger partial charge is 0.318 e. The summed E-state index contributed by atoms with van der Waals surface area (Å²) in [4.78, 5) is 31.0. The topological polar surface area (TPSA) is 76.0 Å². The fourth-order valence-corrected chi connectivity index (χ4v) is 5.19.